The summed E-state index contributed by atoms with van der Waals surface area (Å²) in [6.07, 6.45) is 2.35. The van der Waals surface area contributed by atoms with Gasteiger partial charge in [0.25, 0.3) is 0 Å². The molecule has 2 amide bonds. The Hall–Kier alpha value is -2.99. The lowest BCUT2D eigenvalue weighted by Gasteiger charge is -2.25. The molecule has 2 aromatic carbocycles. The maximum atomic E-state index is 12.9. The molecule has 160 valence electrons. The average Bonchev–Trinajstić information content (AvgIpc) is 3.01. The summed E-state index contributed by atoms with van der Waals surface area (Å²) in [5.41, 5.74) is 0.914. The predicted octanol–water partition coefficient (Wildman–Crippen LogP) is 4.31. The summed E-state index contributed by atoms with van der Waals surface area (Å²) in [5.74, 6) is -1.62. The van der Waals surface area contributed by atoms with Crippen molar-refractivity contribution in [1.29, 1.82) is 0 Å². The predicted molar refractivity (Wildman–Crippen MR) is 115 cm³/mol. The van der Waals surface area contributed by atoms with Gasteiger partial charge in [-0.2, -0.15) is 0 Å². The molecule has 1 aliphatic carbocycles. The third-order valence-corrected chi connectivity index (χ3v) is 6.28. The van der Waals surface area contributed by atoms with Gasteiger partial charge in [0.05, 0.1) is 23.1 Å². The number of hydrogen-bond acceptors (Lipinski definition) is 5. The molecule has 0 bridgehead atoms. The SMILES string of the molecule is C[C@H]1CC[C@@H]2C(=O)N(c3cccc(C(=O)OCC(=O)c4ccc(Cl)cc4)c3)C(=O)[C@@H]2C1. The van der Waals surface area contributed by atoms with Gasteiger partial charge in [0.1, 0.15) is 0 Å². The van der Waals surface area contributed by atoms with Gasteiger partial charge in [0.15, 0.2) is 12.4 Å². The number of rotatable bonds is 5. The molecule has 1 aliphatic heterocycles. The zero-order chi connectivity index (χ0) is 22.1. The number of ketones is 1. The summed E-state index contributed by atoms with van der Waals surface area (Å²) >= 11 is 5.81. The van der Waals surface area contributed by atoms with Crippen molar-refractivity contribution in [3.05, 3.63) is 64.7 Å². The zero-order valence-corrected chi connectivity index (χ0v) is 17.8. The Morgan fingerprint density at radius 2 is 1.71 bits per heavy atom. The number of ether oxygens (including phenoxy) is 1. The minimum atomic E-state index is -0.700. The Morgan fingerprint density at radius 3 is 2.45 bits per heavy atom. The second-order valence-corrected chi connectivity index (χ2v) is 8.64. The maximum Gasteiger partial charge on any atom is 0.338 e. The van der Waals surface area contributed by atoms with Crippen molar-refractivity contribution in [1.82, 2.24) is 0 Å². The molecule has 0 spiro atoms. The summed E-state index contributed by atoms with van der Waals surface area (Å²) in [4.78, 5) is 51.7. The number of carbonyl (C=O) groups excluding carboxylic acids is 4. The molecule has 2 fully saturated rings. The van der Waals surface area contributed by atoms with Crippen molar-refractivity contribution < 1.29 is 23.9 Å². The van der Waals surface area contributed by atoms with E-state index in [1.165, 1.54) is 17.0 Å². The van der Waals surface area contributed by atoms with Gasteiger partial charge in [-0.3, -0.25) is 19.3 Å². The van der Waals surface area contributed by atoms with E-state index in [-0.39, 0.29) is 35.0 Å². The molecular formula is C24H22ClNO5. The minimum absolute atomic E-state index is 0.172. The van der Waals surface area contributed by atoms with Crippen LogP contribution in [0.25, 0.3) is 0 Å². The fourth-order valence-corrected chi connectivity index (χ4v) is 4.48. The molecule has 4 rings (SSSR count). The molecule has 3 atom stereocenters. The monoisotopic (exact) mass is 439 g/mol. The summed E-state index contributed by atoms with van der Waals surface area (Å²) in [7, 11) is 0. The minimum Gasteiger partial charge on any atom is -0.454 e. The van der Waals surface area contributed by atoms with Crippen LogP contribution in [0.5, 0.6) is 0 Å². The van der Waals surface area contributed by atoms with Crippen LogP contribution in [0.2, 0.25) is 5.02 Å². The Balaban J connectivity index is 1.46. The first-order valence-electron chi connectivity index (χ1n) is 10.3. The van der Waals surface area contributed by atoms with Crippen molar-refractivity contribution >= 4 is 40.9 Å². The van der Waals surface area contributed by atoms with Crippen molar-refractivity contribution in [2.45, 2.75) is 26.2 Å². The van der Waals surface area contributed by atoms with Gasteiger partial charge in [0.2, 0.25) is 11.8 Å². The molecule has 2 aliphatic rings. The van der Waals surface area contributed by atoms with Crippen LogP contribution in [-0.2, 0) is 14.3 Å². The van der Waals surface area contributed by atoms with Gasteiger partial charge in [-0.15, -0.1) is 0 Å². The molecule has 0 N–H and O–H groups in total. The number of amides is 2. The Kier molecular flexibility index (Phi) is 5.92. The largest absolute Gasteiger partial charge is 0.454 e. The van der Waals surface area contributed by atoms with Crippen LogP contribution in [0.15, 0.2) is 48.5 Å². The van der Waals surface area contributed by atoms with Crippen LogP contribution >= 0.6 is 11.6 Å². The van der Waals surface area contributed by atoms with Crippen LogP contribution in [0.1, 0.15) is 46.9 Å². The first-order chi connectivity index (χ1) is 14.8. The number of esters is 1. The van der Waals surface area contributed by atoms with Gasteiger partial charge in [-0.1, -0.05) is 24.6 Å². The number of fused-ring (bicyclic) bond motifs is 1. The topological polar surface area (TPSA) is 80.8 Å². The first kappa shape index (κ1) is 21.2. The normalized spacial score (nSPS) is 22.9. The molecule has 0 radical (unpaired) electrons. The molecule has 2 aromatic rings. The van der Waals surface area contributed by atoms with Crippen molar-refractivity contribution in [2.75, 3.05) is 11.5 Å². The molecule has 1 saturated carbocycles. The highest BCUT2D eigenvalue weighted by atomic mass is 35.5. The van der Waals surface area contributed by atoms with Gasteiger partial charge in [-0.05, 0) is 67.6 Å². The number of Topliss-reactive ketones (excluding diaryl/α,β-unsaturated/α-hetero) is 1. The second-order valence-electron chi connectivity index (χ2n) is 8.20. The number of halogens is 1. The Morgan fingerprint density at radius 1 is 1.00 bits per heavy atom. The van der Waals surface area contributed by atoms with Crippen LogP contribution in [0.4, 0.5) is 5.69 Å². The molecule has 0 aromatic heterocycles. The lowest BCUT2D eigenvalue weighted by Crippen LogP contribution is -2.31. The van der Waals surface area contributed by atoms with E-state index < -0.39 is 12.6 Å². The maximum absolute atomic E-state index is 12.9. The van der Waals surface area contributed by atoms with Crippen LogP contribution in [0.3, 0.4) is 0 Å². The summed E-state index contributed by atoms with van der Waals surface area (Å²) in [6.45, 7) is 1.67. The summed E-state index contributed by atoms with van der Waals surface area (Å²) in [6, 6.07) is 12.5. The highest BCUT2D eigenvalue weighted by molar-refractivity contribution is 6.30. The van der Waals surface area contributed by atoms with Crippen LogP contribution in [0, 0.1) is 17.8 Å². The first-order valence-corrected chi connectivity index (χ1v) is 10.7. The number of benzene rings is 2. The fraction of sp³-hybridized carbons (Fsp3) is 0.333. The molecular weight excluding hydrogens is 418 g/mol. The van der Waals surface area contributed by atoms with Crippen molar-refractivity contribution in [3.8, 4) is 0 Å². The molecule has 7 heteroatoms. The lowest BCUT2D eigenvalue weighted by molar-refractivity contribution is -0.122. The Labute approximate surface area is 185 Å². The summed E-state index contributed by atoms with van der Waals surface area (Å²) < 4.78 is 5.14. The smallest absolute Gasteiger partial charge is 0.338 e. The van der Waals surface area contributed by atoms with E-state index in [0.717, 1.165) is 6.42 Å². The highest BCUT2D eigenvalue weighted by Crippen LogP contribution is 2.42. The van der Waals surface area contributed by atoms with E-state index in [4.69, 9.17) is 16.3 Å². The van der Waals surface area contributed by atoms with E-state index in [0.29, 0.717) is 35.0 Å². The number of hydrogen-bond donors (Lipinski definition) is 0. The quantitative estimate of drug-likeness (QED) is 0.394. The van der Waals surface area contributed by atoms with E-state index in [1.807, 2.05) is 0 Å². The standard InChI is InChI=1S/C24H22ClNO5/c1-14-5-10-19-20(11-14)23(29)26(22(19)28)18-4-2-3-16(12-18)24(30)31-13-21(27)15-6-8-17(25)9-7-15/h2-4,6-9,12,14,19-20H,5,10-11,13H2,1H3/t14-,19-,20+/m0/s1. The third-order valence-electron chi connectivity index (χ3n) is 6.03. The van der Waals surface area contributed by atoms with E-state index in [2.05, 4.69) is 6.92 Å². The van der Waals surface area contributed by atoms with E-state index in [1.54, 1.807) is 36.4 Å². The molecule has 1 heterocycles. The van der Waals surface area contributed by atoms with E-state index >= 15 is 0 Å². The van der Waals surface area contributed by atoms with Gasteiger partial charge in [-0.25, -0.2) is 4.79 Å². The van der Waals surface area contributed by atoms with Gasteiger partial charge < -0.3 is 4.74 Å². The molecule has 0 unspecified atom stereocenters. The number of imide groups is 1. The number of nitrogens with zero attached hydrogens (tertiary/aromatic N) is 1. The average molecular weight is 440 g/mol. The molecule has 1 saturated heterocycles. The highest BCUT2D eigenvalue weighted by Gasteiger charge is 2.50. The lowest BCUT2D eigenvalue weighted by atomic mass is 9.76. The Bertz CT molecular complexity index is 1050. The van der Waals surface area contributed by atoms with Crippen molar-refractivity contribution in [2.24, 2.45) is 17.8 Å². The fourth-order valence-electron chi connectivity index (χ4n) is 4.35. The molecule has 31 heavy (non-hydrogen) atoms. The third kappa shape index (κ3) is 4.26. The number of anilines is 1. The van der Waals surface area contributed by atoms with E-state index in [9.17, 15) is 19.2 Å². The summed E-state index contributed by atoms with van der Waals surface area (Å²) in [5, 5.41) is 0.505. The van der Waals surface area contributed by atoms with Crippen molar-refractivity contribution in [3.63, 3.8) is 0 Å². The van der Waals surface area contributed by atoms with Crippen LogP contribution in [-0.4, -0.2) is 30.2 Å². The molecule has 6 nitrogen and oxygen atoms in total. The van der Waals surface area contributed by atoms with Crippen LogP contribution < -0.4 is 4.90 Å². The zero-order valence-electron chi connectivity index (χ0n) is 17.0. The second kappa shape index (κ2) is 8.63. The van der Waals surface area contributed by atoms with Gasteiger partial charge in [0, 0.05) is 10.6 Å². The number of carbonyl (C=O) groups is 4. The van der Waals surface area contributed by atoms with Gasteiger partial charge >= 0.3 is 5.97 Å².